The molecule has 0 amide bonds. The first-order valence-corrected chi connectivity index (χ1v) is 10.0. The van der Waals surface area contributed by atoms with Crippen molar-refractivity contribution < 1.29 is 0 Å². The molecule has 4 aromatic rings. The van der Waals surface area contributed by atoms with Crippen LogP contribution in [-0.2, 0) is 5.54 Å². The quantitative estimate of drug-likeness (QED) is 0.279. The molecule has 0 bridgehead atoms. The van der Waals surface area contributed by atoms with Crippen molar-refractivity contribution in [1.29, 1.82) is 0 Å². The third-order valence-corrected chi connectivity index (χ3v) is 5.94. The molecule has 1 aliphatic rings. The van der Waals surface area contributed by atoms with Crippen LogP contribution in [0, 0.1) is 0 Å². The van der Waals surface area contributed by atoms with E-state index in [4.69, 9.17) is 10.9 Å². The number of aromatic nitrogens is 3. The number of rotatable bonds is 5. The van der Waals surface area contributed by atoms with E-state index in [1.165, 1.54) is 0 Å². The Balaban J connectivity index is 1.66. The summed E-state index contributed by atoms with van der Waals surface area (Å²) < 4.78 is 1.83. The van der Waals surface area contributed by atoms with Gasteiger partial charge in [0.05, 0.1) is 17.6 Å². The minimum atomic E-state index is -0.271. The third-order valence-electron chi connectivity index (χ3n) is 5.94. The molecule has 1 aliphatic carbocycles. The molecule has 0 radical (unpaired) electrons. The number of nitrogens with two attached hydrogens (primary N) is 1. The lowest BCUT2D eigenvalue weighted by atomic mass is 9.72. The van der Waals surface area contributed by atoms with Crippen LogP contribution in [0.1, 0.15) is 30.5 Å². The van der Waals surface area contributed by atoms with Crippen LogP contribution in [0.2, 0.25) is 0 Å². The molecule has 1 fully saturated rings. The van der Waals surface area contributed by atoms with Gasteiger partial charge in [-0.05, 0) is 42.5 Å². The van der Waals surface area contributed by atoms with Crippen molar-refractivity contribution in [1.82, 2.24) is 14.6 Å². The van der Waals surface area contributed by atoms with Crippen LogP contribution in [0.25, 0.3) is 34.1 Å². The van der Waals surface area contributed by atoms with Gasteiger partial charge in [0, 0.05) is 11.1 Å². The normalized spacial score (nSPS) is 15.3. The highest BCUT2D eigenvalue weighted by Gasteiger charge is 2.39. The molecule has 2 aromatic heterocycles. The first-order valence-electron chi connectivity index (χ1n) is 10.0. The number of imidazole rings is 1. The summed E-state index contributed by atoms with van der Waals surface area (Å²) in [4.78, 5) is 4.49. The van der Waals surface area contributed by atoms with Gasteiger partial charge in [0.15, 0.2) is 5.65 Å². The van der Waals surface area contributed by atoms with Crippen LogP contribution in [0.5, 0.6) is 0 Å². The van der Waals surface area contributed by atoms with Crippen molar-refractivity contribution in [2.45, 2.75) is 24.8 Å². The molecule has 0 spiro atoms. The molecular formula is C24H22N6. The fourth-order valence-electron chi connectivity index (χ4n) is 4.13. The summed E-state index contributed by atoms with van der Waals surface area (Å²) in [6.45, 7) is 3.88. The summed E-state index contributed by atoms with van der Waals surface area (Å²) in [5.41, 5.74) is 6.59. The van der Waals surface area contributed by atoms with Crippen molar-refractivity contribution in [3.8, 4) is 22.4 Å². The van der Waals surface area contributed by atoms with E-state index in [-0.39, 0.29) is 5.54 Å². The lowest BCUT2D eigenvalue weighted by Gasteiger charge is -2.37. The van der Waals surface area contributed by atoms with Gasteiger partial charge in [-0.25, -0.2) is 9.50 Å². The van der Waals surface area contributed by atoms with E-state index in [1.54, 1.807) is 12.3 Å². The first kappa shape index (κ1) is 18.2. The molecule has 0 aliphatic heterocycles. The van der Waals surface area contributed by atoms with E-state index in [1.807, 2.05) is 22.7 Å². The van der Waals surface area contributed by atoms with Gasteiger partial charge in [-0.3, -0.25) is 0 Å². The van der Waals surface area contributed by atoms with Gasteiger partial charge in [0.1, 0.15) is 5.54 Å². The standard InChI is InChI=1S/C24H22N6/c1-2-20-16-26-22-15-21(17-7-4-3-5-8-17)23(27-30(20)22)18-9-11-19(12-10-18)24(28-29-25)13-6-14-24/h2-5,7-12,15-16H,1,6,13-14H2,(H2,25,28). The van der Waals surface area contributed by atoms with Gasteiger partial charge in [-0.15, -0.1) is 0 Å². The average molecular weight is 394 g/mol. The van der Waals surface area contributed by atoms with Crippen molar-refractivity contribution in [3.63, 3.8) is 0 Å². The Bertz CT molecular complexity index is 1230. The highest BCUT2D eigenvalue weighted by Crippen LogP contribution is 2.45. The molecule has 1 saturated carbocycles. The van der Waals surface area contributed by atoms with E-state index in [0.717, 1.165) is 58.6 Å². The van der Waals surface area contributed by atoms with Crippen molar-refractivity contribution >= 4 is 11.7 Å². The second-order valence-corrected chi connectivity index (χ2v) is 7.61. The second kappa shape index (κ2) is 7.22. The number of fused-ring (bicyclic) bond motifs is 1. The zero-order chi connectivity index (χ0) is 20.6. The van der Waals surface area contributed by atoms with Crippen LogP contribution in [0.15, 0.2) is 83.8 Å². The van der Waals surface area contributed by atoms with Gasteiger partial charge in [0.2, 0.25) is 0 Å². The van der Waals surface area contributed by atoms with Gasteiger partial charge in [-0.1, -0.05) is 66.4 Å². The number of hydrogen-bond acceptors (Lipinski definition) is 4. The molecule has 2 aromatic carbocycles. The summed E-state index contributed by atoms with van der Waals surface area (Å²) >= 11 is 0. The predicted molar refractivity (Wildman–Crippen MR) is 119 cm³/mol. The summed E-state index contributed by atoms with van der Waals surface area (Å²) in [5, 5.41) is 12.8. The molecule has 148 valence electrons. The molecule has 0 unspecified atom stereocenters. The Morgan fingerprint density at radius 2 is 1.80 bits per heavy atom. The molecule has 2 heterocycles. The van der Waals surface area contributed by atoms with E-state index < -0.39 is 0 Å². The monoisotopic (exact) mass is 394 g/mol. The topological polar surface area (TPSA) is 80.9 Å². The van der Waals surface area contributed by atoms with E-state index in [9.17, 15) is 0 Å². The Morgan fingerprint density at radius 1 is 1.03 bits per heavy atom. The Labute approximate surface area is 174 Å². The first-order chi connectivity index (χ1) is 14.7. The molecule has 0 atom stereocenters. The molecule has 6 heteroatoms. The highest BCUT2D eigenvalue weighted by atomic mass is 15.3. The van der Waals surface area contributed by atoms with Gasteiger partial charge in [0.25, 0.3) is 0 Å². The predicted octanol–water partition coefficient (Wildman–Crippen LogP) is 5.41. The maximum absolute atomic E-state index is 5.37. The smallest absolute Gasteiger partial charge is 0.154 e. The fraction of sp³-hybridized carbons (Fsp3) is 0.167. The minimum absolute atomic E-state index is 0.271. The molecule has 6 nitrogen and oxygen atoms in total. The Hall–Kier alpha value is -3.80. The lowest BCUT2D eigenvalue weighted by molar-refractivity contribution is 0.242. The molecule has 30 heavy (non-hydrogen) atoms. The number of hydrogen-bond donors (Lipinski definition) is 1. The zero-order valence-electron chi connectivity index (χ0n) is 16.6. The largest absolute Gasteiger partial charge is 0.305 e. The number of nitrogens with zero attached hydrogens (tertiary/aromatic N) is 5. The average Bonchev–Trinajstić information content (AvgIpc) is 3.18. The molecule has 5 rings (SSSR count). The summed E-state index contributed by atoms with van der Waals surface area (Å²) in [6.07, 6.45) is 6.64. The minimum Gasteiger partial charge on any atom is -0.305 e. The fourth-order valence-corrected chi connectivity index (χ4v) is 4.13. The molecule has 0 saturated heterocycles. The second-order valence-electron chi connectivity index (χ2n) is 7.61. The number of benzene rings is 2. The zero-order valence-corrected chi connectivity index (χ0v) is 16.6. The maximum Gasteiger partial charge on any atom is 0.154 e. The van der Waals surface area contributed by atoms with Crippen LogP contribution >= 0.6 is 0 Å². The van der Waals surface area contributed by atoms with Crippen molar-refractivity contribution in [3.05, 3.63) is 84.7 Å². The molecular weight excluding hydrogens is 372 g/mol. The van der Waals surface area contributed by atoms with Crippen molar-refractivity contribution in [2.75, 3.05) is 0 Å². The molecule has 2 N–H and O–H groups in total. The Kier molecular flexibility index (Phi) is 4.39. The van der Waals surface area contributed by atoms with Crippen LogP contribution in [0.4, 0.5) is 0 Å². The lowest BCUT2D eigenvalue weighted by Crippen LogP contribution is -2.31. The van der Waals surface area contributed by atoms with E-state index in [0.29, 0.717) is 0 Å². The van der Waals surface area contributed by atoms with Gasteiger partial charge in [-0.2, -0.15) is 10.2 Å². The maximum atomic E-state index is 5.37. The summed E-state index contributed by atoms with van der Waals surface area (Å²) in [7, 11) is 0. The van der Waals surface area contributed by atoms with E-state index in [2.05, 4.69) is 64.4 Å². The van der Waals surface area contributed by atoms with Crippen molar-refractivity contribution in [2.24, 2.45) is 16.2 Å². The third kappa shape index (κ3) is 2.88. The summed E-state index contributed by atoms with van der Waals surface area (Å²) in [6, 6.07) is 20.8. The summed E-state index contributed by atoms with van der Waals surface area (Å²) in [5.74, 6) is 5.37. The van der Waals surface area contributed by atoms with Crippen LogP contribution in [-0.4, -0.2) is 14.6 Å². The van der Waals surface area contributed by atoms with Crippen LogP contribution in [0.3, 0.4) is 0 Å². The van der Waals surface area contributed by atoms with Gasteiger partial charge < -0.3 is 5.84 Å². The SMILES string of the molecule is C=Cc1cnc2cc(-c3ccccc3)c(-c3ccc(C4(N=NN)CCC4)cc3)nn12. The Morgan fingerprint density at radius 3 is 2.43 bits per heavy atom. The van der Waals surface area contributed by atoms with Gasteiger partial charge >= 0.3 is 0 Å². The highest BCUT2D eigenvalue weighted by molar-refractivity contribution is 5.82. The van der Waals surface area contributed by atoms with E-state index >= 15 is 0 Å². The van der Waals surface area contributed by atoms with Crippen LogP contribution < -0.4 is 5.84 Å².